The first kappa shape index (κ1) is 9.65. The van der Waals surface area contributed by atoms with E-state index in [0.717, 1.165) is 24.8 Å². The third-order valence-electron chi connectivity index (χ3n) is 2.79. The van der Waals surface area contributed by atoms with Gasteiger partial charge in [-0.25, -0.2) is 0 Å². The van der Waals surface area contributed by atoms with E-state index in [4.69, 9.17) is 0 Å². The fourth-order valence-electron chi connectivity index (χ4n) is 2.00. The number of aromatic nitrogens is 2. The number of hydrogen-bond donors (Lipinski definition) is 1. The van der Waals surface area contributed by atoms with Crippen molar-refractivity contribution in [3.05, 3.63) is 12.2 Å². The van der Waals surface area contributed by atoms with E-state index in [1.807, 2.05) is 0 Å². The Labute approximate surface area is 84.1 Å². The van der Waals surface area contributed by atoms with Crippen LogP contribution in [0.25, 0.3) is 0 Å². The minimum absolute atomic E-state index is 0.718. The lowest BCUT2D eigenvalue weighted by atomic mass is 9.95. The van der Waals surface area contributed by atoms with Gasteiger partial charge in [0.05, 0.1) is 0 Å². The van der Waals surface area contributed by atoms with Crippen LogP contribution < -0.4 is 5.32 Å². The second kappa shape index (κ2) is 5.10. The summed E-state index contributed by atoms with van der Waals surface area (Å²) in [7, 11) is 0. The van der Waals surface area contributed by atoms with Gasteiger partial charge in [0.1, 0.15) is 0 Å². The number of rotatable bonds is 4. The van der Waals surface area contributed by atoms with Crippen LogP contribution in [0.4, 0.5) is 0 Å². The van der Waals surface area contributed by atoms with Crippen LogP contribution in [-0.4, -0.2) is 22.7 Å². The molecule has 1 aromatic rings. The molecule has 1 fully saturated rings. The molecular weight excluding hydrogens is 178 g/mol. The maximum absolute atomic E-state index is 4.67. The summed E-state index contributed by atoms with van der Waals surface area (Å²) in [6.07, 6.45) is 9.06. The van der Waals surface area contributed by atoms with Gasteiger partial charge in [0.2, 0.25) is 6.39 Å². The molecule has 1 aliphatic rings. The summed E-state index contributed by atoms with van der Waals surface area (Å²) in [4.78, 5) is 3.98. The van der Waals surface area contributed by atoms with Crippen molar-refractivity contribution in [3.63, 3.8) is 0 Å². The first-order chi connectivity index (χ1) is 6.95. The quantitative estimate of drug-likeness (QED) is 0.791. The Balaban J connectivity index is 1.62. The molecule has 1 heterocycles. The van der Waals surface area contributed by atoms with Crippen LogP contribution in [0.1, 0.15) is 37.9 Å². The van der Waals surface area contributed by atoms with Gasteiger partial charge in [-0.2, -0.15) is 4.98 Å². The molecule has 1 N–H and O–H groups in total. The van der Waals surface area contributed by atoms with Crippen molar-refractivity contribution in [1.29, 1.82) is 0 Å². The van der Waals surface area contributed by atoms with Crippen molar-refractivity contribution < 1.29 is 4.52 Å². The first-order valence-electron chi connectivity index (χ1n) is 5.44. The van der Waals surface area contributed by atoms with Crippen molar-refractivity contribution in [1.82, 2.24) is 15.5 Å². The van der Waals surface area contributed by atoms with Crippen molar-refractivity contribution in [3.8, 4) is 0 Å². The maximum atomic E-state index is 4.67. The summed E-state index contributed by atoms with van der Waals surface area (Å²) in [5.41, 5.74) is 0. The normalized spacial score (nSPS) is 18.6. The first-order valence-corrected chi connectivity index (χ1v) is 5.44. The summed E-state index contributed by atoms with van der Waals surface area (Å²) in [5, 5.41) is 7.31. The highest BCUT2D eigenvalue weighted by Gasteiger charge is 2.12. The Kier molecular flexibility index (Phi) is 3.51. The van der Waals surface area contributed by atoms with E-state index in [-0.39, 0.29) is 0 Å². The third kappa shape index (κ3) is 2.80. The average Bonchev–Trinajstić information content (AvgIpc) is 2.72. The molecule has 2 rings (SSSR count). The van der Waals surface area contributed by atoms with Crippen LogP contribution in [0.15, 0.2) is 10.9 Å². The average molecular weight is 195 g/mol. The van der Waals surface area contributed by atoms with E-state index >= 15 is 0 Å². The molecule has 78 valence electrons. The van der Waals surface area contributed by atoms with Gasteiger partial charge in [-0.15, -0.1) is 0 Å². The van der Waals surface area contributed by atoms with Gasteiger partial charge in [0, 0.05) is 19.0 Å². The monoisotopic (exact) mass is 195 g/mol. The van der Waals surface area contributed by atoms with Gasteiger partial charge >= 0.3 is 0 Å². The second-order valence-corrected chi connectivity index (χ2v) is 3.89. The van der Waals surface area contributed by atoms with E-state index in [2.05, 4.69) is 20.0 Å². The lowest BCUT2D eigenvalue weighted by Gasteiger charge is -2.22. The molecule has 1 aromatic heterocycles. The van der Waals surface area contributed by atoms with E-state index in [0.29, 0.717) is 0 Å². The predicted octanol–water partition coefficient (Wildman–Crippen LogP) is 1.53. The SMILES string of the molecule is c1nc(CCNC2CCCCC2)no1. The van der Waals surface area contributed by atoms with Crippen LogP contribution in [0, 0.1) is 0 Å². The molecule has 0 spiro atoms. The summed E-state index contributed by atoms with van der Waals surface area (Å²) in [5.74, 6) is 0.799. The molecule has 4 nitrogen and oxygen atoms in total. The van der Waals surface area contributed by atoms with Crippen molar-refractivity contribution in [2.24, 2.45) is 0 Å². The van der Waals surface area contributed by atoms with Crippen molar-refractivity contribution in [2.45, 2.75) is 44.6 Å². The van der Waals surface area contributed by atoms with Gasteiger partial charge in [-0.3, -0.25) is 0 Å². The summed E-state index contributed by atoms with van der Waals surface area (Å²) >= 11 is 0. The van der Waals surface area contributed by atoms with Crippen LogP contribution in [0.5, 0.6) is 0 Å². The van der Waals surface area contributed by atoms with E-state index in [1.54, 1.807) is 0 Å². The van der Waals surface area contributed by atoms with Crippen molar-refractivity contribution in [2.75, 3.05) is 6.54 Å². The third-order valence-corrected chi connectivity index (χ3v) is 2.79. The molecule has 0 unspecified atom stereocenters. The Morgan fingerprint density at radius 2 is 2.21 bits per heavy atom. The molecular formula is C10H17N3O. The fraction of sp³-hybridized carbons (Fsp3) is 0.800. The summed E-state index contributed by atoms with van der Waals surface area (Å²) in [6, 6.07) is 0.718. The highest BCUT2D eigenvalue weighted by molar-refractivity contribution is 4.80. The van der Waals surface area contributed by atoms with Gasteiger partial charge < -0.3 is 9.84 Å². The minimum Gasteiger partial charge on any atom is -0.343 e. The summed E-state index contributed by atoms with van der Waals surface area (Å²) < 4.78 is 4.67. The van der Waals surface area contributed by atoms with Crippen molar-refractivity contribution >= 4 is 0 Å². The molecule has 0 atom stereocenters. The zero-order valence-corrected chi connectivity index (χ0v) is 8.41. The van der Waals surface area contributed by atoms with E-state index in [1.165, 1.54) is 38.5 Å². The second-order valence-electron chi connectivity index (χ2n) is 3.89. The minimum atomic E-state index is 0.718. The molecule has 0 bridgehead atoms. The van der Waals surface area contributed by atoms with Crippen LogP contribution in [0.3, 0.4) is 0 Å². The zero-order valence-electron chi connectivity index (χ0n) is 8.41. The largest absolute Gasteiger partial charge is 0.343 e. The number of hydrogen-bond acceptors (Lipinski definition) is 4. The highest BCUT2D eigenvalue weighted by atomic mass is 16.5. The van der Waals surface area contributed by atoms with Gasteiger partial charge in [-0.1, -0.05) is 24.4 Å². The Hall–Kier alpha value is -0.900. The summed E-state index contributed by atoms with van der Waals surface area (Å²) in [6.45, 7) is 0.962. The van der Waals surface area contributed by atoms with Gasteiger partial charge in [-0.05, 0) is 12.8 Å². The molecule has 4 heteroatoms. The molecule has 0 aromatic carbocycles. The molecule has 0 aliphatic heterocycles. The lowest BCUT2D eigenvalue weighted by Crippen LogP contribution is -2.32. The molecule has 0 saturated heterocycles. The maximum Gasteiger partial charge on any atom is 0.213 e. The molecule has 0 radical (unpaired) electrons. The molecule has 1 aliphatic carbocycles. The topological polar surface area (TPSA) is 51.0 Å². The van der Waals surface area contributed by atoms with Gasteiger partial charge in [0.25, 0.3) is 0 Å². The van der Waals surface area contributed by atoms with Crippen LogP contribution in [-0.2, 0) is 6.42 Å². The van der Waals surface area contributed by atoms with Crippen LogP contribution >= 0.6 is 0 Å². The fourth-order valence-corrected chi connectivity index (χ4v) is 2.00. The molecule has 1 saturated carbocycles. The smallest absolute Gasteiger partial charge is 0.213 e. The predicted molar refractivity (Wildman–Crippen MR) is 52.9 cm³/mol. The number of nitrogens with one attached hydrogen (secondary N) is 1. The highest BCUT2D eigenvalue weighted by Crippen LogP contribution is 2.17. The standard InChI is InChI=1S/C10H17N3O/c1-2-4-9(5-3-1)11-7-6-10-12-8-14-13-10/h8-9,11H,1-7H2. The Morgan fingerprint density at radius 1 is 1.36 bits per heavy atom. The van der Waals surface area contributed by atoms with Crippen LogP contribution in [0.2, 0.25) is 0 Å². The lowest BCUT2D eigenvalue weighted by molar-refractivity contribution is 0.371. The Bertz CT molecular complexity index is 242. The number of nitrogens with zero attached hydrogens (tertiary/aromatic N) is 2. The van der Waals surface area contributed by atoms with Gasteiger partial charge in [0.15, 0.2) is 5.82 Å². The zero-order chi connectivity index (χ0) is 9.64. The molecule has 14 heavy (non-hydrogen) atoms. The Morgan fingerprint density at radius 3 is 2.93 bits per heavy atom. The molecule has 0 amide bonds. The van der Waals surface area contributed by atoms with E-state index in [9.17, 15) is 0 Å². The van der Waals surface area contributed by atoms with E-state index < -0.39 is 0 Å².